The Labute approximate surface area is 200 Å². The molecule has 3 aromatic carbocycles. The largest absolute Gasteiger partial charge is 0.486 e. The minimum Gasteiger partial charge on any atom is -0.486 e. The molecule has 0 bridgehead atoms. The maximum absolute atomic E-state index is 13.4. The van der Waals surface area contributed by atoms with E-state index in [4.69, 9.17) is 9.47 Å². The lowest BCUT2D eigenvalue weighted by atomic mass is 9.97. The molecule has 0 aliphatic carbocycles. The second-order valence-electron chi connectivity index (χ2n) is 8.33. The van der Waals surface area contributed by atoms with Gasteiger partial charge in [-0.15, -0.1) is 0 Å². The van der Waals surface area contributed by atoms with Crippen LogP contribution in [-0.2, 0) is 14.8 Å². The van der Waals surface area contributed by atoms with Gasteiger partial charge in [0.25, 0.3) is 0 Å². The molecule has 1 aliphatic heterocycles. The number of rotatable bonds is 7. The van der Waals surface area contributed by atoms with Crippen LogP contribution >= 0.6 is 0 Å². The molecule has 0 radical (unpaired) electrons. The van der Waals surface area contributed by atoms with Crippen molar-refractivity contribution in [2.45, 2.75) is 25.9 Å². The van der Waals surface area contributed by atoms with Gasteiger partial charge >= 0.3 is 0 Å². The molecular weight excluding hydrogens is 452 g/mol. The Morgan fingerprint density at radius 1 is 0.912 bits per heavy atom. The first-order valence-electron chi connectivity index (χ1n) is 11.0. The third-order valence-corrected chi connectivity index (χ3v) is 6.94. The summed E-state index contributed by atoms with van der Waals surface area (Å²) >= 11 is 0. The van der Waals surface area contributed by atoms with Crippen LogP contribution < -0.4 is 19.1 Å². The van der Waals surface area contributed by atoms with E-state index in [0.717, 1.165) is 27.3 Å². The number of anilines is 1. The van der Waals surface area contributed by atoms with Gasteiger partial charge in [-0.25, -0.2) is 8.42 Å². The van der Waals surface area contributed by atoms with Gasteiger partial charge in [-0.1, -0.05) is 60.2 Å². The number of amides is 1. The fraction of sp³-hybridized carbons (Fsp3) is 0.269. The molecule has 7 nitrogen and oxygen atoms in total. The summed E-state index contributed by atoms with van der Waals surface area (Å²) in [5, 5.41) is 3.05. The molecule has 8 heteroatoms. The van der Waals surface area contributed by atoms with E-state index in [1.165, 1.54) is 0 Å². The fourth-order valence-corrected chi connectivity index (χ4v) is 5.17. The Kier molecular flexibility index (Phi) is 6.79. The van der Waals surface area contributed by atoms with Crippen LogP contribution in [0.2, 0.25) is 0 Å². The quantitative estimate of drug-likeness (QED) is 0.556. The number of hydrogen-bond donors (Lipinski definition) is 1. The van der Waals surface area contributed by atoms with Crippen molar-refractivity contribution in [3.63, 3.8) is 0 Å². The first kappa shape index (κ1) is 23.6. The summed E-state index contributed by atoms with van der Waals surface area (Å²) in [6.45, 7) is 4.38. The summed E-state index contributed by atoms with van der Waals surface area (Å²) in [6.07, 6.45) is 1.09. The standard InChI is InChI=1S/C26H28N2O5S/c1-18-9-11-21(12-10-18)25(20-7-5-4-6-8-20)27-26(29)19(2)28(34(3,30)31)22-13-14-23-24(17-22)33-16-15-32-23/h4-14,17,19,25H,15-16H2,1-3H3,(H,27,29). The zero-order valence-electron chi connectivity index (χ0n) is 19.4. The number of sulfonamides is 1. The lowest BCUT2D eigenvalue weighted by Gasteiger charge is -2.31. The molecule has 0 spiro atoms. The van der Waals surface area contributed by atoms with Gasteiger partial charge in [0.05, 0.1) is 18.0 Å². The smallest absolute Gasteiger partial charge is 0.244 e. The van der Waals surface area contributed by atoms with Crippen LogP contribution in [0.1, 0.15) is 29.7 Å². The number of fused-ring (bicyclic) bond motifs is 1. The number of carbonyl (C=O) groups excluding carboxylic acids is 1. The van der Waals surface area contributed by atoms with E-state index in [2.05, 4.69) is 5.32 Å². The number of benzene rings is 3. The molecule has 0 saturated heterocycles. The van der Waals surface area contributed by atoms with Crippen LogP contribution in [0.5, 0.6) is 11.5 Å². The third kappa shape index (κ3) is 5.17. The zero-order valence-corrected chi connectivity index (χ0v) is 20.2. The molecule has 0 saturated carbocycles. The zero-order chi connectivity index (χ0) is 24.3. The van der Waals surface area contributed by atoms with Crippen molar-refractivity contribution in [3.8, 4) is 11.5 Å². The molecule has 2 atom stereocenters. The minimum atomic E-state index is -3.78. The van der Waals surface area contributed by atoms with Crippen LogP contribution in [-0.4, -0.2) is 39.8 Å². The highest BCUT2D eigenvalue weighted by Gasteiger charge is 2.32. The molecule has 1 heterocycles. The molecule has 0 fully saturated rings. The average molecular weight is 481 g/mol. The number of nitrogens with one attached hydrogen (secondary N) is 1. The first-order chi connectivity index (χ1) is 16.2. The molecule has 0 aromatic heterocycles. The van der Waals surface area contributed by atoms with Crippen LogP contribution in [0.15, 0.2) is 72.8 Å². The molecule has 178 valence electrons. The Hall–Kier alpha value is -3.52. The Balaban J connectivity index is 1.65. The van der Waals surface area contributed by atoms with E-state index in [1.807, 2.05) is 61.5 Å². The number of nitrogens with zero attached hydrogens (tertiary/aromatic N) is 1. The summed E-state index contributed by atoms with van der Waals surface area (Å²) < 4.78 is 37.8. The maximum atomic E-state index is 13.4. The molecule has 1 aliphatic rings. The normalized spacial score (nSPS) is 14.7. The Morgan fingerprint density at radius 3 is 2.18 bits per heavy atom. The predicted octanol–water partition coefficient (Wildman–Crippen LogP) is 3.83. The number of ether oxygens (including phenoxy) is 2. The lowest BCUT2D eigenvalue weighted by Crippen LogP contribution is -2.48. The summed E-state index contributed by atoms with van der Waals surface area (Å²) in [5.41, 5.74) is 3.25. The number of carbonyl (C=O) groups is 1. The molecule has 34 heavy (non-hydrogen) atoms. The van der Waals surface area contributed by atoms with Gasteiger partial charge in [-0.05, 0) is 37.1 Å². The van der Waals surface area contributed by atoms with Crippen LogP contribution in [0.25, 0.3) is 0 Å². The SMILES string of the molecule is Cc1ccc(C(NC(=O)C(C)N(c2ccc3c(c2)OCCO3)S(C)(=O)=O)c2ccccc2)cc1. The fourth-order valence-electron chi connectivity index (χ4n) is 4.00. The molecule has 1 N–H and O–H groups in total. The van der Waals surface area contributed by atoms with Crippen molar-refractivity contribution in [2.75, 3.05) is 23.8 Å². The summed E-state index contributed by atoms with van der Waals surface area (Å²) in [6, 6.07) is 20.9. The minimum absolute atomic E-state index is 0.334. The van der Waals surface area contributed by atoms with Gasteiger partial charge in [0.15, 0.2) is 11.5 Å². The highest BCUT2D eigenvalue weighted by atomic mass is 32.2. The van der Waals surface area contributed by atoms with E-state index in [9.17, 15) is 13.2 Å². The number of aryl methyl sites for hydroxylation is 1. The third-order valence-electron chi connectivity index (χ3n) is 5.70. The predicted molar refractivity (Wildman–Crippen MR) is 132 cm³/mol. The van der Waals surface area contributed by atoms with Crippen LogP contribution in [0.3, 0.4) is 0 Å². The topological polar surface area (TPSA) is 84.9 Å². The van der Waals surface area contributed by atoms with E-state index >= 15 is 0 Å². The van der Waals surface area contributed by atoms with E-state index in [1.54, 1.807) is 25.1 Å². The van der Waals surface area contributed by atoms with E-state index in [0.29, 0.717) is 30.4 Å². The molecule has 1 amide bonds. The molecular formula is C26H28N2O5S. The van der Waals surface area contributed by atoms with Gasteiger partial charge in [0.2, 0.25) is 15.9 Å². The second kappa shape index (κ2) is 9.77. The monoisotopic (exact) mass is 480 g/mol. The molecule has 2 unspecified atom stereocenters. The summed E-state index contributed by atoms with van der Waals surface area (Å²) in [4.78, 5) is 13.4. The Morgan fingerprint density at radius 2 is 1.53 bits per heavy atom. The van der Waals surface area contributed by atoms with Crippen LogP contribution in [0.4, 0.5) is 5.69 Å². The van der Waals surface area contributed by atoms with E-state index < -0.39 is 28.0 Å². The highest BCUT2D eigenvalue weighted by Crippen LogP contribution is 2.35. The van der Waals surface area contributed by atoms with Gasteiger partial charge in [0.1, 0.15) is 19.3 Å². The van der Waals surface area contributed by atoms with Crippen molar-refractivity contribution < 1.29 is 22.7 Å². The van der Waals surface area contributed by atoms with Gasteiger partial charge in [-0.2, -0.15) is 0 Å². The first-order valence-corrected chi connectivity index (χ1v) is 12.9. The van der Waals surface area contributed by atoms with Gasteiger partial charge < -0.3 is 14.8 Å². The van der Waals surface area contributed by atoms with Crippen molar-refractivity contribution in [2.24, 2.45) is 0 Å². The molecule has 4 rings (SSSR count). The number of hydrogen-bond acceptors (Lipinski definition) is 5. The van der Waals surface area contributed by atoms with E-state index in [-0.39, 0.29) is 0 Å². The summed E-state index contributed by atoms with van der Waals surface area (Å²) in [7, 11) is -3.78. The van der Waals surface area contributed by atoms with Crippen molar-refractivity contribution in [1.29, 1.82) is 0 Å². The lowest BCUT2D eigenvalue weighted by molar-refractivity contribution is -0.122. The van der Waals surface area contributed by atoms with Gasteiger partial charge in [0, 0.05) is 6.07 Å². The van der Waals surface area contributed by atoms with Gasteiger partial charge in [-0.3, -0.25) is 9.10 Å². The average Bonchev–Trinajstić information content (AvgIpc) is 2.82. The maximum Gasteiger partial charge on any atom is 0.244 e. The second-order valence-corrected chi connectivity index (χ2v) is 10.2. The van der Waals surface area contributed by atoms with Crippen LogP contribution in [0, 0.1) is 6.92 Å². The van der Waals surface area contributed by atoms with Crippen molar-refractivity contribution >= 4 is 21.6 Å². The Bertz CT molecular complexity index is 1260. The summed E-state index contributed by atoms with van der Waals surface area (Å²) in [5.74, 6) is 0.575. The van der Waals surface area contributed by atoms with Crippen molar-refractivity contribution in [1.82, 2.24) is 5.32 Å². The van der Waals surface area contributed by atoms with Crippen molar-refractivity contribution in [3.05, 3.63) is 89.5 Å². The highest BCUT2D eigenvalue weighted by molar-refractivity contribution is 7.92. The molecule has 3 aromatic rings.